The fourth-order valence-electron chi connectivity index (χ4n) is 2.88. The second kappa shape index (κ2) is 8.86. The van der Waals surface area contributed by atoms with Crippen molar-refractivity contribution in [3.05, 3.63) is 83.4 Å². The molecule has 0 aliphatic carbocycles. The topological polar surface area (TPSA) is 64.6 Å². The van der Waals surface area contributed by atoms with Crippen molar-refractivity contribution >= 4 is 17.9 Å². The number of carbonyl (C=O) groups excluding carboxylic acids is 2. The molecule has 0 fully saturated rings. The SMILES string of the molecule is Cc1cc(C=O)cc(C)c1OCC(=O)Nc1ccccc1Oc1ccccc1. The van der Waals surface area contributed by atoms with Crippen LogP contribution in [0.15, 0.2) is 66.7 Å². The highest BCUT2D eigenvalue weighted by Gasteiger charge is 2.12. The van der Waals surface area contributed by atoms with Gasteiger partial charge in [-0.05, 0) is 61.4 Å². The Labute approximate surface area is 163 Å². The van der Waals surface area contributed by atoms with Crippen LogP contribution in [0.4, 0.5) is 5.69 Å². The fourth-order valence-corrected chi connectivity index (χ4v) is 2.88. The molecule has 0 atom stereocenters. The number of hydrogen-bond acceptors (Lipinski definition) is 4. The number of anilines is 1. The Kier molecular flexibility index (Phi) is 6.07. The molecule has 3 aromatic rings. The largest absolute Gasteiger partial charge is 0.483 e. The number of benzene rings is 3. The molecule has 1 amide bonds. The number of hydrogen-bond donors (Lipinski definition) is 1. The Morgan fingerprint density at radius 3 is 2.29 bits per heavy atom. The highest BCUT2D eigenvalue weighted by molar-refractivity contribution is 5.93. The summed E-state index contributed by atoms with van der Waals surface area (Å²) in [6.07, 6.45) is 0.792. The zero-order valence-corrected chi connectivity index (χ0v) is 15.8. The number of ether oxygens (including phenoxy) is 2. The van der Waals surface area contributed by atoms with Gasteiger partial charge < -0.3 is 14.8 Å². The molecular formula is C23H21NO4. The van der Waals surface area contributed by atoms with Crippen molar-refractivity contribution < 1.29 is 19.1 Å². The molecule has 0 heterocycles. The van der Waals surface area contributed by atoms with E-state index in [4.69, 9.17) is 9.47 Å². The summed E-state index contributed by atoms with van der Waals surface area (Å²) in [5.74, 6) is 1.53. The lowest BCUT2D eigenvalue weighted by Gasteiger charge is -2.14. The number of aldehydes is 1. The predicted octanol–water partition coefficient (Wildman–Crippen LogP) is 4.93. The first-order valence-corrected chi connectivity index (χ1v) is 8.88. The summed E-state index contributed by atoms with van der Waals surface area (Å²) >= 11 is 0. The Balaban J connectivity index is 1.67. The summed E-state index contributed by atoms with van der Waals surface area (Å²) < 4.78 is 11.5. The van der Waals surface area contributed by atoms with Crippen molar-refractivity contribution in [2.75, 3.05) is 11.9 Å². The van der Waals surface area contributed by atoms with E-state index in [0.29, 0.717) is 28.5 Å². The van der Waals surface area contributed by atoms with Gasteiger partial charge in [0, 0.05) is 5.56 Å². The van der Waals surface area contributed by atoms with E-state index in [1.165, 1.54) is 0 Å². The predicted molar refractivity (Wildman–Crippen MR) is 108 cm³/mol. The summed E-state index contributed by atoms with van der Waals surface area (Å²) in [6.45, 7) is 3.54. The van der Waals surface area contributed by atoms with Gasteiger partial charge in [-0.2, -0.15) is 0 Å². The van der Waals surface area contributed by atoms with Crippen LogP contribution < -0.4 is 14.8 Å². The van der Waals surface area contributed by atoms with Gasteiger partial charge in [0.1, 0.15) is 17.8 Å². The molecular weight excluding hydrogens is 354 g/mol. The van der Waals surface area contributed by atoms with Crippen LogP contribution in [0.1, 0.15) is 21.5 Å². The third kappa shape index (κ3) is 4.76. The molecule has 28 heavy (non-hydrogen) atoms. The van der Waals surface area contributed by atoms with Crippen LogP contribution in [0, 0.1) is 13.8 Å². The van der Waals surface area contributed by atoms with Gasteiger partial charge in [-0.3, -0.25) is 9.59 Å². The lowest BCUT2D eigenvalue weighted by Crippen LogP contribution is -2.21. The maximum atomic E-state index is 12.4. The summed E-state index contributed by atoms with van der Waals surface area (Å²) in [7, 11) is 0. The summed E-state index contributed by atoms with van der Waals surface area (Å²) in [5.41, 5.74) is 2.76. The molecule has 1 N–H and O–H groups in total. The quantitative estimate of drug-likeness (QED) is 0.595. The molecule has 5 nitrogen and oxygen atoms in total. The maximum Gasteiger partial charge on any atom is 0.262 e. The average Bonchev–Trinajstić information content (AvgIpc) is 2.69. The number of amides is 1. The minimum absolute atomic E-state index is 0.151. The first kappa shape index (κ1) is 19.2. The van der Waals surface area contributed by atoms with Gasteiger partial charge in [-0.25, -0.2) is 0 Å². The lowest BCUT2D eigenvalue weighted by atomic mass is 10.1. The Hall–Kier alpha value is -3.60. The minimum Gasteiger partial charge on any atom is -0.483 e. The van der Waals surface area contributed by atoms with Crippen molar-refractivity contribution in [2.45, 2.75) is 13.8 Å². The third-order valence-electron chi connectivity index (χ3n) is 4.10. The van der Waals surface area contributed by atoms with Crippen LogP contribution >= 0.6 is 0 Å². The van der Waals surface area contributed by atoms with E-state index in [1.807, 2.05) is 56.3 Å². The Morgan fingerprint density at radius 2 is 1.61 bits per heavy atom. The van der Waals surface area contributed by atoms with E-state index >= 15 is 0 Å². The highest BCUT2D eigenvalue weighted by atomic mass is 16.5. The summed E-state index contributed by atoms with van der Waals surface area (Å²) in [4.78, 5) is 23.3. The van der Waals surface area contributed by atoms with E-state index in [2.05, 4.69) is 5.32 Å². The molecule has 3 aromatic carbocycles. The van der Waals surface area contributed by atoms with Gasteiger partial charge in [0.25, 0.3) is 5.91 Å². The second-order valence-electron chi connectivity index (χ2n) is 6.35. The summed E-state index contributed by atoms with van der Waals surface area (Å²) in [6, 6.07) is 20.0. The van der Waals surface area contributed by atoms with E-state index in [0.717, 1.165) is 17.4 Å². The molecule has 0 bridgehead atoms. The molecule has 0 aliphatic heterocycles. The minimum atomic E-state index is -0.303. The van der Waals surface area contributed by atoms with Crippen LogP contribution in [0.2, 0.25) is 0 Å². The number of aryl methyl sites for hydroxylation is 2. The van der Waals surface area contributed by atoms with Crippen LogP contribution in [-0.4, -0.2) is 18.8 Å². The third-order valence-corrected chi connectivity index (χ3v) is 4.10. The molecule has 0 radical (unpaired) electrons. The molecule has 142 valence electrons. The second-order valence-corrected chi connectivity index (χ2v) is 6.35. The van der Waals surface area contributed by atoms with E-state index in [9.17, 15) is 9.59 Å². The van der Waals surface area contributed by atoms with Crippen LogP contribution in [0.25, 0.3) is 0 Å². The van der Waals surface area contributed by atoms with Gasteiger partial charge in [0.15, 0.2) is 12.4 Å². The lowest BCUT2D eigenvalue weighted by molar-refractivity contribution is -0.118. The van der Waals surface area contributed by atoms with Crippen molar-refractivity contribution in [3.8, 4) is 17.2 Å². The molecule has 0 aliphatic rings. The van der Waals surface area contributed by atoms with Gasteiger partial charge in [-0.1, -0.05) is 30.3 Å². The first-order valence-electron chi connectivity index (χ1n) is 8.88. The summed E-state index contributed by atoms with van der Waals surface area (Å²) in [5, 5.41) is 2.82. The molecule has 0 aromatic heterocycles. The number of rotatable bonds is 7. The normalized spacial score (nSPS) is 10.2. The van der Waals surface area contributed by atoms with Gasteiger partial charge in [0.05, 0.1) is 5.69 Å². The van der Waals surface area contributed by atoms with E-state index < -0.39 is 0 Å². The number of nitrogens with one attached hydrogen (secondary N) is 1. The first-order chi connectivity index (χ1) is 13.6. The maximum absolute atomic E-state index is 12.4. The number of para-hydroxylation sites is 3. The Bertz CT molecular complexity index is 960. The average molecular weight is 375 g/mol. The van der Waals surface area contributed by atoms with Gasteiger partial charge in [0.2, 0.25) is 0 Å². The van der Waals surface area contributed by atoms with E-state index in [1.54, 1.807) is 24.3 Å². The number of carbonyl (C=O) groups is 2. The van der Waals surface area contributed by atoms with Crippen molar-refractivity contribution in [1.29, 1.82) is 0 Å². The monoisotopic (exact) mass is 375 g/mol. The van der Waals surface area contributed by atoms with Gasteiger partial charge >= 0.3 is 0 Å². The Morgan fingerprint density at radius 1 is 0.964 bits per heavy atom. The van der Waals surface area contributed by atoms with Crippen molar-refractivity contribution in [2.24, 2.45) is 0 Å². The zero-order valence-electron chi connectivity index (χ0n) is 15.8. The zero-order chi connectivity index (χ0) is 19.9. The molecule has 0 spiro atoms. The molecule has 0 unspecified atom stereocenters. The molecule has 0 saturated carbocycles. The molecule has 0 saturated heterocycles. The molecule has 3 rings (SSSR count). The van der Waals surface area contributed by atoms with E-state index in [-0.39, 0.29) is 12.5 Å². The highest BCUT2D eigenvalue weighted by Crippen LogP contribution is 2.29. The van der Waals surface area contributed by atoms with Gasteiger partial charge in [-0.15, -0.1) is 0 Å². The van der Waals surface area contributed by atoms with Crippen molar-refractivity contribution in [1.82, 2.24) is 0 Å². The standard InChI is InChI=1S/C23H21NO4/c1-16-12-18(14-25)13-17(2)23(16)27-15-22(26)24-20-10-6-7-11-21(20)28-19-8-4-3-5-9-19/h3-14H,15H2,1-2H3,(H,24,26). The van der Waals surface area contributed by atoms with Crippen LogP contribution in [0.3, 0.4) is 0 Å². The smallest absolute Gasteiger partial charge is 0.262 e. The van der Waals surface area contributed by atoms with Crippen LogP contribution in [0.5, 0.6) is 17.2 Å². The van der Waals surface area contributed by atoms with Crippen LogP contribution in [-0.2, 0) is 4.79 Å². The fraction of sp³-hybridized carbons (Fsp3) is 0.130. The molecule has 5 heteroatoms. The van der Waals surface area contributed by atoms with Crippen molar-refractivity contribution in [3.63, 3.8) is 0 Å².